The first-order valence-corrected chi connectivity index (χ1v) is 7.24. The van der Waals surface area contributed by atoms with Gasteiger partial charge in [0, 0.05) is 32.4 Å². The van der Waals surface area contributed by atoms with Crippen LogP contribution in [-0.2, 0) is 6.54 Å². The predicted molar refractivity (Wildman–Crippen MR) is 85.1 cm³/mol. The molecule has 20 heavy (non-hydrogen) atoms. The lowest BCUT2D eigenvalue weighted by atomic mass is 10.4. The van der Waals surface area contributed by atoms with Crippen molar-refractivity contribution < 1.29 is 0 Å². The Kier molecular flexibility index (Phi) is 7.47. The second-order valence-electron chi connectivity index (χ2n) is 4.79. The van der Waals surface area contributed by atoms with E-state index in [4.69, 9.17) is 0 Å². The molecule has 0 bridgehead atoms. The number of aryl methyl sites for hydroxylation is 3. The Balaban J connectivity index is 2.20. The lowest BCUT2D eigenvalue weighted by Gasteiger charge is -2.11. The lowest BCUT2D eigenvalue weighted by Crippen LogP contribution is -2.38. The number of allylic oxidation sites excluding steroid dienone is 1. The Morgan fingerprint density at radius 2 is 2.10 bits per heavy atom. The molecule has 1 aromatic rings. The van der Waals surface area contributed by atoms with Crippen LogP contribution in [0.25, 0.3) is 0 Å². The molecule has 0 spiro atoms. The standard InChI is InChI=1S/C15H27N5/c1-5-6-7-9-17-15(16-4)18-10-8-11-20-14(3)12-13(2)19-20/h5-6,12H,7-11H2,1-4H3,(H2,16,17,18). The average molecular weight is 277 g/mol. The monoisotopic (exact) mass is 277 g/mol. The molecule has 1 aromatic heterocycles. The van der Waals surface area contributed by atoms with E-state index in [9.17, 15) is 0 Å². The molecular weight excluding hydrogens is 250 g/mol. The van der Waals surface area contributed by atoms with E-state index in [0.29, 0.717) is 0 Å². The Hall–Kier alpha value is -1.78. The van der Waals surface area contributed by atoms with Crippen molar-refractivity contribution in [2.75, 3.05) is 20.1 Å². The van der Waals surface area contributed by atoms with Crippen LogP contribution >= 0.6 is 0 Å². The number of hydrogen-bond donors (Lipinski definition) is 2. The van der Waals surface area contributed by atoms with Crippen LogP contribution < -0.4 is 10.6 Å². The number of nitrogens with zero attached hydrogens (tertiary/aromatic N) is 3. The van der Waals surface area contributed by atoms with Gasteiger partial charge in [-0.3, -0.25) is 9.67 Å². The first-order valence-electron chi connectivity index (χ1n) is 7.24. The summed E-state index contributed by atoms with van der Waals surface area (Å²) < 4.78 is 2.05. The topological polar surface area (TPSA) is 54.2 Å². The molecule has 0 saturated heterocycles. The number of hydrogen-bond acceptors (Lipinski definition) is 2. The van der Waals surface area contributed by atoms with Crippen LogP contribution in [-0.4, -0.2) is 35.9 Å². The molecule has 0 saturated carbocycles. The van der Waals surface area contributed by atoms with Gasteiger partial charge in [0.05, 0.1) is 5.69 Å². The Morgan fingerprint density at radius 1 is 1.35 bits per heavy atom. The van der Waals surface area contributed by atoms with Gasteiger partial charge in [0.15, 0.2) is 5.96 Å². The van der Waals surface area contributed by atoms with Crippen LogP contribution in [0.4, 0.5) is 0 Å². The van der Waals surface area contributed by atoms with Crippen molar-refractivity contribution in [2.24, 2.45) is 4.99 Å². The van der Waals surface area contributed by atoms with Gasteiger partial charge >= 0.3 is 0 Å². The van der Waals surface area contributed by atoms with Crippen LogP contribution in [0.15, 0.2) is 23.2 Å². The Morgan fingerprint density at radius 3 is 2.70 bits per heavy atom. The maximum atomic E-state index is 4.45. The normalized spacial score (nSPS) is 12.1. The van der Waals surface area contributed by atoms with Crippen LogP contribution in [0.3, 0.4) is 0 Å². The highest BCUT2D eigenvalue weighted by molar-refractivity contribution is 5.79. The summed E-state index contributed by atoms with van der Waals surface area (Å²) in [4.78, 5) is 4.20. The zero-order valence-corrected chi connectivity index (χ0v) is 13.1. The van der Waals surface area contributed by atoms with E-state index in [1.807, 2.05) is 13.8 Å². The van der Waals surface area contributed by atoms with E-state index in [1.165, 1.54) is 5.69 Å². The zero-order chi connectivity index (χ0) is 14.8. The summed E-state index contributed by atoms with van der Waals surface area (Å²) in [5.41, 5.74) is 2.30. The summed E-state index contributed by atoms with van der Waals surface area (Å²) in [5, 5.41) is 11.1. The van der Waals surface area contributed by atoms with Gasteiger partial charge in [0.2, 0.25) is 0 Å². The largest absolute Gasteiger partial charge is 0.356 e. The smallest absolute Gasteiger partial charge is 0.190 e. The van der Waals surface area contributed by atoms with Crippen molar-refractivity contribution in [1.29, 1.82) is 0 Å². The summed E-state index contributed by atoms with van der Waals surface area (Å²) in [6, 6.07) is 2.11. The second kappa shape index (κ2) is 9.18. The summed E-state index contributed by atoms with van der Waals surface area (Å²) in [7, 11) is 1.80. The maximum absolute atomic E-state index is 4.45. The molecule has 0 radical (unpaired) electrons. The molecule has 0 fully saturated rings. The molecule has 5 nitrogen and oxygen atoms in total. The first-order chi connectivity index (χ1) is 9.67. The van der Waals surface area contributed by atoms with Crippen LogP contribution in [0.1, 0.15) is 31.2 Å². The quantitative estimate of drug-likeness (QED) is 0.347. The molecular formula is C15H27N5. The molecule has 0 aromatic carbocycles. The SMILES string of the molecule is CC=CCCNC(=NC)NCCCn1nc(C)cc1C. The van der Waals surface area contributed by atoms with E-state index in [1.54, 1.807) is 7.05 Å². The third kappa shape index (κ3) is 5.91. The Labute approximate surface area is 122 Å². The minimum Gasteiger partial charge on any atom is -0.356 e. The molecule has 112 valence electrons. The summed E-state index contributed by atoms with van der Waals surface area (Å²) in [6.07, 6.45) is 6.25. The number of aromatic nitrogens is 2. The number of guanidine groups is 1. The van der Waals surface area contributed by atoms with Gasteiger partial charge in [-0.2, -0.15) is 5.10 Å². The number of nitrogens with one attached hydrogen (secondary N) is 2. The molecule has 0 atom stereocenters. The van der Waals surface area contributed by atoms with Gasteiger partial charge in [-0.05, 0) is 39.7 Å². The molecule has 0 aliphatic carbocycles. The van der Waals surface area contributed by atoms with E-state index in [2.05, 4.69) is 50.5 Å². The van der Waals surface area contributed by atoms with Gasteiger partial charge in [-0.1, -0.05) is 12.2 Å². The number of aliphatic imine (C=N–C) groups is 1. The fourth-order valence-electron chi connectivity index (χ4n) is 2.00. The molecule has 0 unspecified atom stereocenters. The summed E-state index contributed by atoms with van der Waals surface area (Å²) >= 11 is 0. The van der Waals surface area contributed by atoms with E-state index < -0.39 is 0 Å². The van der Waals surface area contributed by atoms with E-state index >= 15 is 0 Å². The average Bonchev–Trinajstić information content (AvgIpc) is 2.75. The van der Waals surface area contributed by atoms with Gasteiger partial charge in [0.1, 0.15) is 0 Å². The van der Waals surface area contributed by atoms with Crippen molar-refractivity contribution in [3.05, 3.63) is 29.6 Å². The highest BCUT2D eigenvalue weighted by Crippen LogP contribution is 2.02. The predicted octanol–water partition coefficient (Wildman–Crippen LogP) is 2.02. The molecule has 0 aliphatic heterocycles. The molecule has 0 aliphatic rings. The Bertz CT molecular complexity index is 445. The maximum Gasteiger partial charge on any atom is 0.190 e. The third-order valence-corrected chi connectivity index (χ3v) is 3.01. The van der Waals surface area contributed by atoms with Gasteiger partial charge in [-0.15, -0.1) is 0 Å². The molecule has 1 heterocycles. The molecule has 1 rings (SSSR count). The minimum atomic E-state index is 0.864. The van der Waals surface area contributed by atoms with Crippen molar-refractivity contribution in [3.63, 3.8) is 0 Å². The van der Waals surface area contributed by atoms with Crippen LogP contribution in [0.2, 0.25) is 0 Å². The van der Waals surface area contributed by atoms with Crippen molar-refractivity contribution >= 4 is 5.96 Å². The second-order valence-corrected chi connectivity index (χ2v) is 4.79. The highest BCUT2D eigenvalue weighted by atomic mass is 15.3. The van der Waals surface area contributed by atoms with E-state index in [-0.39, 0.29) is 0 Å². The lowest BCUT2D eigenvalue weighted by molar-refractivity contribution is 0.555. The van der Waals surface area contributed by atoms with Crippen molar-refractivity contribution in [1.82, 2.24) is 20.4 Å². The first kappa shape index (κ1) is 16.3. The van der Waals surface area contributed by atoms with Gasteiger partial charge in [-0.25, -0.2) is 0 Å². The van der Waals surface area contributed by atoms with E-state index in [0.717, 1.165) is 44.1 Å². The van der Waals surface area contributed by atoms with Crippen molar-refractivity contribution in [2.45, 2.75) is 40.2 Å². The van der Waals surface area contributed by atoms with Gasteiger partial charge < -0.3 is 10.6 Å². The van der Waals surface area contributed by atoms with Crippen LogP contribution in [0.5, 0.6) is 0 Å². The highest BCUT2D eigenvalue weighted by Gasteiger charge is 2.00. The fourth-order valence-corrected chi connectivity index (χ4v) is 2.00. The minimum absolute atomic E-state index is 0.864. The molecule has 0 amide bonds. The zero-order valence-electron chi connectivity index (χ0n) is 13.1. The van der Waals surface area contributed by atoms with Gasteiger partial charge in [0.25, 0.3) is 0 Å². The molecule has 2 N–H and O–H groups in total. The fraction of sp³-hybridized carbons (Fsp3) is 0.600. The van der Waals surface area contributed by atoms with Crippen LogP contribution in [0, 0.1) is 13.8 Å². The van der Waals surface area contributed by atoms with Crippen molar-refractivity contribution in [3.8, 4) is 0 Å². The molecule has 5 heteroatoms. The number of rotatable bonds is 7. The third-order valence-electron chi connectivity index (χ3n) is 3.01. The summed E-state index contributed by atoms with van der Waals surface area (Å²) in [6.45, 7) is 8.88. The summed E-state index contributed by atoms with van der Waals surface area (Å²) in [5.74, 6) is 0.864.